The zero-order valence-corrected chi connectivity index (χ0v) is 37.6. The second-order valence-electron chi connectivity index (χ2n) is 19.3. The molecule has 0 radical (unpaired) electrons. The quantitative estimate of drug-likeness (QED) is 0.154. The van der Waals surface area contributed by atoms with Crippen LogP contribution >= 0.6 is 0 Å². The van der Waals surface area contributed by atoms with Crippen molar-refractivity contribution in [2.75, 3.05) is 9.80 Å². The maximum Gasteiger partial charge on any atom is 0.0468 e. The van der Waals surface area contributed by atoms with Gasteiger partial charge in [-0.2, -0.15) is 0 Å². The third-order valence-electron chi connectivity index (χ3n) is 13.9. The topological polar surface area (TPSA) is 6.48 Å². The molecule has 64 heavy (non-hydrogen) atoms. The molecule has 12 aromatic rings. The van der Waals surface area contributed by atoms with Crippen LogP contribution < -0.4 is 9.80 Å². The second-order valence-corrected chi connectivity index (χ2v) is 19.3. The van der Waals surface area contributed by atoms with Crippen LogP contribution in [0.2, 0.25) is 0 Å². The minimum absolute atomic E-state index is 0.0478. The molecular weight excluding hydrogens is 773 g/mol. The number of hydrogen-bond donors (Lipinski definition) is 0. The van der Waals surface area contributed by atoms with E-state index in [0.717, 1.165) is 34.1 Å². The van der Waals surface area contributed by atoms with Gasteiger partial charge in [-0.05, 0) is 211 Å². The van der Waals surface area contributed by atoms with Crippen molar-refractivity contribution < 1.29 is 0 Å². The van der Waals surface area contributed by atoms with Gasteiger partial charge in [0.2, 0.25) is 0 Å². The first-order valence-corrected chi connectivity index (χ1v) is 22.7. The number of hydrogen-bond acceptors (Lipinski definition) is 2. The molecule has 2 nitrogen and oxygen atoms in total. The van der Waals surface area contributed by atoms with E-state index < -0.39 is 0 Å². The Morgan fingerprint density at radius 2 is 0.562 bits per heavy atom. The van der Waals surface area contributed by atoms with Crippen LogP contribution in [0, 0.1) is 27.7 Å². The molecule has 12 rings (SSSR count). The average molecular weight is 823 g/mol. The lowest BCUT2D eigenvalue weighted by atomic mass is 9.83. The summed E-state index contributed by atoms with van der Waals surface area (Å²) in [6, 6.07) is 66.8. The molecule has 0 amide bonds. The van der Waals surface area contributed by atoms with E-state index >= 15 is 0 Å². The molecule has 0 heterocycles. The van der Waals surface area contributed by atoms with Gasteiger partial charge in [-0.3, -0.25) is 0 Å². The molecule has 2 heteroatoms. The molecule has 0 saturated carbocycles. The minimum atomic E-state index is -0.0478. The van der Waals surface area contributed by atoms with Gasteiger partial charge in [0.1, 0.15) is 0 Å². The monoisotopic (exact) mass is 822 g/mol. The standard InChI is InChI=1S/C62H50N2/c1-37-11-19-42(20-12-37)63(43-21-13-38(2)14-22-43)46-27-29-48-52(33-46)50-9-8-10-51-54-35-59-49-30-28-47(64(44-23-15-39(3)16-24-44)45-25-17-40(4)18-26-45)34-53(49)56-31-41(62(5,6)7)32-57(61(56)59)55(54)36-58(48)60(50)51/h8-36H,1-7H3. The van der Waals surface area contributed by atoms with E-state index in [-0.39, 0.29) is 5.41 Å². The lowest BCUT2D eigenvalue weighted by Crippen LogP contribution is -2.10. The Hall–Kier alpha value is -7.42. The second kappa shape index (κ2) is 14.0. The van der Waals surface area contributed by atoms with Gasteiger partial charge < -0.3 is 9.80 Å². The molecule has 0 spiro atoms. The van der Waals surface area contributed by atoms with Crippen LogP contribution in [0.5, 0.6) is 0 Å². The Kier molecular flexibility index (Phi) is 8.40. The number of nitrogens with zero attached hydrogens (tertiary/aromatic N) is 2. The van der Waals surface area contributed by atoms with Crippen LogP contribution in [0.25, 0.3) is 75.4 Å². The molecule has 0 saturated heterocycles. The molecule has 0 fully saturated rings. The van der Waals surface area contributed by atoms with Crippen molar-refractivity contribution in [3.05, 3.63) is 204 Å². The lowest BCUT2D eigenvalue weighted by molar-refractivity contribution is 0.592. The third-order valence-corrected chi connectivity index (χ3v) is 13.9. The number of benzene rings is 10. The largest absolute Gasteiger partial charge is 0.310 e. The van der Waals surface area contributed by atoms with Gasteiger partial charge in [0, 0.05) is 34.1 Å². The Morgan fingerprint density at radius 3 is 0.938 bits per heavy atom. The first-order valence-electron chi connectivity index (χ1n) is 22.7. The Morgan fingerprint density at radius 1 is 0.266 bits per heavy atom. The molecule has 308 valence electrons. The predicted octanol–water partition coefficient (Wildman–Crippen LogP) is 18.1. The van der Waals surface area contributed by atoms with Gasteiger partial charge in [0.15, 0.2) is 0 Å². The van der Waals surface area contributed by atoms with Crippen LogP contribution in [0.1, 0.15) is 48.6 Å². The van der Waals surface area contributed by atoms with Crippen molar-refractivity contribution in [2.45, 2.75) is 53.9 Å². The molecule has 0 N–H and O–H groups in total. The molecule has 0 bridgehead atoms. The van der Waals surface area contributed by atoms with Crippen molar-refractivity contribution in [3.63, 3.8) is 0 Å². The molecule has 0 aromatic heterocycles. The van der Waals surface area contributed by atoms with E-state index in [1.54, 1.807) is 0 Å². The highest BCUT2D eigenvalue weighted by atomic mass is 15.1. The van der Waals surface area contributed by atoms with E-state index in [2.05, 4.69) is 234 Å². The highest BCUT2D eigenvalue weighted by molar-refractivity contribution is 6.41. The normalized spacial score (nSPS) is 12.3. The number of anilines is 6. The maximum absolute atomic E-state index is 2.52. The Bertz CT molecular complexity index is 3670. The van der Waals surface area contributed by atoms with Gasteiger partial charge in [0.05, 0.1) is 0 Å². The summed E-state index contributed by atoms with van der Waals surface area (Å²) < 4.78 is 0. The minimum Gasteiger partial charge on any atom is -0.310 e. The van der Waals surface area contributed by atoms with Crippen molar-refractivity contribution in [1.29, 1.82) is 0 Å². The van der Waals surface area contributed by atoms with Crippen LogP contribution in [0.3, 0.4) is 0 Å². The first-order chi connectivity index (χ1) is 31.0. The first kappa shape index (κ1) is 38.3. The van der Waals surface area contributed by atoms with Gasteiger partial charge in [0.25, 0.3) is 0 Å². The summed E-state index contributed by atoms with van der Waals surface area (Å²) in [4.78, 5) is 4.80. The van der Waals surface area contributed by atoms with Crippen molar-refractivity contribution in [2.24, 2.45) is 0 Å². The summed E-state index contributed by atoms with van der Waals surface area (Å²) in [5.41, 5.74) is 13.2. The molecule has 0 aliphatic carbocycles. The highest BCUT2D eigenvalue weighted by Crippen LogP contribution is 2.50. The summed E-state index contributed by atoms with van der Waals surface area (Å²) in [6.07, 6.45) is 0. The van der Waals surface area contributed by atoms with Crippen LogP contribution in [0.15, 0.2) is 176 Å². The molecule has 0 unspecified atom stereocenters. The molecular formula is C62H50N2. The van der Waals surface area contributed by atoms with E-state index in [4.69, 9.17) is 0 Å². The zero-order chi connectivity index (χ0) is 43.6. The maximum atomic E-state index is 2.52. The molecule has 12 aromatic carbocycles. The van der Waals surface area contributed by atoms with Crippen LogP contribution in [-0.2, 0) is 5.41 Å². The summed E-state index contributed by atoms with van der Waals surface area (Å²) in [5, 5.41) is 18.4. The highest BCUT2D eigenvalue weighted by Gasteiger charge is 2.25. The zero-order valence-electron chi connectivity index (χ0n) is 37.6. The number of fused-ring (bicyclic) bond motifs is 9. The van der Waals surface area contributed by atoms with Crippen molar-refractivity contribution in [3.8, 4) is 0 Å². The van der Waals surface area contributed by atoms with Gasteiger partial charge in [-0.1, -0.05) is 122 Å². The van der Waals surface area contributed by atoms with Gasteiger partial charge >= 0.3 is 0 Å². The van der Waals surface area contributed by atoms with Crippen molar-refractivity contribution in [1.82, 2.24) is 0 Å². The van der Waals surface area contributed by atoms with Crippen molar-refractivity contribution >= 4 is 110 Å². The van der Waals surface area contributed by atoms with Crippen LogP contribution in [0.4, 0.5) is 34.1 Å². The summed E-state index contributed by atoms with van der Waals surface area (Å²) in [5.74, 6) is 0. The lowest BCUT2D eigenvalue weighted by Gasteiger charge is -2.26. The van der Waals surface area contributed by atoms with Gasteiger partial charge in [-0.15, -0.1) is 0 Å². The fourth-order valence-corrected chi connectivity index (χ4v) is 10.5. The third kappa shape index (κ3) is 5.93. The SMILES string of the molecule is Cc1ccc(N(c2ccc(C)cc2)c2ccc3c(c2)c2cccc4c5cc6c7ccc(N(c8ccc(C)cc8)c8ccc(C)cc8)cc7c7cc(C(C)(C)C)cc(c5cc3c24)c76)cc1. The number of rotatable bonds is 6. The Labute approximate surface area is 375 Å². The number of aryl methyl sites for hydroxylation is 4. The molecule has 0 aliphatic heterocycles. The fraction of sp³-hybridized carbons (Fsp3) is 0.129. The molecule has 0 aliphatic rings. The van der Waals surface area contributed by atoms with E-state index in [1.807, 2.05) is 0 Å². The fourth-order valence-electron chi connectivity index (χ4n) is 10.5. The summed E-state index contributed by atoms with van der Waals surface area (Å²) in [7, 11) is 0. The Balaban J connectivity index is 1.11. The van der Waals surface area contributed by atoms with Gasteiger partial charge in [-0.25, -0.2) is 0 Å². The molecule has 0 atom stereocenters. The van der Waals surface area contributed by atoms with Crippen LogP contribution in [-0.4, -0.2) is 0 Å². The smallest absolute Gasteiger partial charge is 0.0468 e. The van der Waals surface area contributed by atoms with E-state index in [9.17, 15) is 0 Å². The average Bonchev–Trinajstić information content (AvgIpc) is 3.79. The summed E-state index contributed by atoms with van der Waals surface area (Å²) >= 11 is 0. The van der Waals surface area contributed by atoms with E-state index in [1.165, 1.54) is 103 Å². The predicted molar refractivity (Wildman–Crippen MR) is 278 cm³/mol. The summed E-state index contributed by atoms with van der Waals surface area (Å²) in [6.45, 7) is 15.7. The van der Waals surface area contributed by atoms with E-state index in [0.29, 0.717) is 0 Å².